The van der Waals surface area contributed by atoms with Gasteiger partial charge in [0.25, 0.3) is 0 Å². The van der Waals surface area contributed by atoms with Crippen LogP contribution in [0.4, 0.5) is 10.1 Å². The lowest BCUT2D eigenvalue weighted by Gasteiger charge is -2.19. The van der Waals surface area contributed by atoms with Gasteiger partial charge in [-0.25, -0.2) is 4.98 Å². The van der Waals surface area contributed by atoms with E-state index in [1.165, 1.54) is 6.20 Å². The van der Waals surface area contributed by atoms with E-state index in [1.807, 2.05) is 0 Å². The van der Waals surface area contributed by atoms with Crippen LogP contribution in [0.2, 0.25) is 0 Å². The molecule has 1 rings (SSSR count). The van der Waals surface area contributed by atoms with Gasteiger partial charge in [0, 0.05) is 6.04 Å². The summed E-state index contributed by atoms with van der Waals surface area (Å²) in [6, 6.07) is 0.316. The van der Waals surface area contributed by atoms with Gasteiger partial charge in [-0.05, 0) is 23.7 Å². The van der Waals surface area contributed by atoms with Crippen molar-refractivity contribution in [2.24, 2.45) is 5.92 Å². The van der Waals surface area contributed by atoms with E-state index in [-0.39, 0.29) is 5.00 Å². The highest BCUT2D eigenvalue weighted by atomic mass is 32.1. The Morgan fingerprint density at radius 2 is 2.33 bits per heavy atom. The van der Waals surface area contributed by atoms with E-state index < -0.39 is 4.92 Å². The first-order valence-corrected chi connectivity index (χ1v) is 5.73. The fourth-order valence-corrected chi connectivity index (χ4v) is 2.01. The largest absolute Gasteiger partial charge is 0.358 e. The highest BCUT2D eigenvalue weighted by Crippen LogP contribution is 2.26. The van der Waals surface area contributed by atoms with E-state index in [0.717, 1.165) is 17.8 Å². The molecule has 1 aromatic rings. The van der Waals surface area contributed by atoms with Crippen LogP contribution in [-0.2, 0) is 0 Å². The first kappa shape index (κ1) is 11.9. The summed E-state index contributed by atoms with van der Waals surface area (Å²) in [5.74, 6) is 0.484. The summed E-state index contributed by atoms with van der Waals surface area (Å²) in [6.45, 7) is 6.31. The van der Waals surface area contributed by atoms with Crippen LogP contribution in [0, 0.1) is 16.0 Å². The highest BCUT2D eigenvalue weighted by molar-refractivity contribution is 7.18. The van der Waals surface area contributed by atoms with Crippen molar-refractivity contribution in [2.45, 2.75) is 33.2 Å². The van der Waals surface area contributed by atoms with Crippen LogP contribution in [-0.4, -0.2) is 15.9 Å². The minimum Gasteiger partial charge on any atom is -0.358 e. The summed E-state index contributed by atoms with van der Waals surface area (Å²) in [4.78, 5) is 14.0. The van der Waals surface area contributed by atoms with Gasteiger partial charge < -0.3 is 5.32 Å². The molecule has 5 nitrogen and oxygen atoms in total. The molecule has 0 aliphatic heterocycles. The second kappa shape index (κ2) is 5.06. The molecule has 0 saturated carbocycles. The van der Waals surface area contributed by atoms with Crippen LogP contribution in [0.1, 0.15) is 27.2 Å². The summed E-state index contributed by atoms with van der Waals surface area (Å²) < 4.78 is 0. The van der Waals surface area contributed by atoms with Crippen molar-refractivity contribution in [3.05, 3.63) is 16.3 Å². The molecule has 1 aromatic heterocycles. The molecule has 1 atom stereocenters. The number of anilines is 1. The molecule has 0 aliphatic rings. The number of aromatic nitrogens is 1. The van der Waals surface area contributed by atoms with Crippen LogP contribution in [0.5, 0.6) is 0 Å². The number of thiazole rings is 1. The third-order valence-electron chi connectivity index (χ3n) is 2.23. The second-order valence-electron chi connectivity index (χ2n) is 3.66. The Morgan fingerprint density at radius 1 is 1.67 bits per heavy atom. The third kappa shape index (κ3) is 3.16. The Balaban J connectivity index is 2.67. The van der Waals surface area contributed by atoms with Crippen molar-refractivity contribution in [1.29, 1.82) is 0 Å². The zero-order chi connectivity index (χ0) is 11.4. The molecule has 1 N–H and O–H groups in total. The molecular formula is C9H15N3O2S. The lowest BCUT2D eigenvalue weighted by molar-refractivity contribution is -0.380. The monoisotopic (exact) mass is 229 g/mol. The number of hydrogen-bond donors (Lipinski definition) is 1. The van der Waals surface area contributed by atoms with Gasteiger partial charge in [-0.2, -0.15) is 0 Å². The quantitative estimate of drug-likeness (QED) is 0.622. The molecule has 84 valence electrons. The van der Waals surface area contributed by atoms with E-state index >= 15 is 0 Å². The number of hydrogen-bond acceptors (Lipinski definition) is 5. The molecule has 0 fully saturated rings. The predicted molar refractivity (Wildman–Crippen MR) is 61.3 cm³/mol. The van der Waals surface area contributed by atoms with Crippen molar-refractivity contribution >= 4 is 21.5 Å². The maximum Gasteiger partial charge on any atom is 0.345 e. The Kier molecular flexibility index (Phi) is 4.02. The summed E-state index contributed by atoms with van der Waals surface area (Å²) >= 11 is 1.08. The van der Waals surface area contributed by atoms with E-state index in [9.17, 15) is 10.1 Å². The fourth-order valence-electron chi connectivity index (χ4n) is 1.32. The topological polar surface area (TPSA) is 68.1 Å². The van der Waals surface area contributed by atoms with Gasteiger partial charge in [0.05, 0.1) is 4.92 Å². The van der Waals surface area contributed by atoms with Crippen molar-refractivity contribution < 1.29 is 4.92 Å². The normalized spacial score (nSPS) is 12.8. The first-order valence-electron chi connectivity index (χ1n) is 4.91. The molecule has 1 unspecified atom stereocenters. The number of nitrogens with zero attached hydrogens (tertiary/aromatic N) is 2. The van der Waals surface area contributed by atoms with E-state index in [4.69, 9.17) is 0 Å². The summed E-state index contributed by atoms with van der Waals surface area (Å²) in [7, 11) is 0. The average Bonchev–Trinajstić information content (AvgIpc) is 2.61. The van der Waals surface area contributed by atoms with Gasteiger partial charge in [-0.3, -0.25) is 10.1 Å². The van der Waals surface area contributed by atoms with Gasteiger partial charge in [-0.15, -0.1) is 0 Å². The molecule has 15 heavy (non-hydrogen) atoms. The molecular weight excluding hydrogens is 214 g/mol. The van der Waals surface area contributed by atoms with Crippen LogP contribution >= 0.6 is 11.3 Å². The maximum absolute atomic E-state index is 10.5. The minimum atomic E-state index is -0.417. The molecule has 0 bridgehead atoms. The van der Waals surface area contributed by atoms with Crippen LogP contribution in [0.3, 0.4) is 0 Å². The smallest absolute Gasteiger partial charge is 0.345 e. The Morgan fingerprint density at radius 3 is 2.73 bits per heavy atom. The van der Waals surface area contributed by atoms with E-state index in [0.29, 0.717) is 17.1 Å². The molecule has 0 radical (unpaired) electrons. The highest BCUT2D eigenvalue weighted by Gasteiger charge is 2.15. The zero-order valence-electron chi connectivity index (χ0n) is 9.06. The van der Waals surface area contributed by atoms with Crippen molar-refractivity contribution in [3.63, 3.8) is 0 Å². The lowest BCUT2D eigenvalue weighted by Crippen LogP contribution is -2.24. The predicted octanol–water partition coefficient (Wildman–Crippen LogP) is 2.90. The van der Waals surface area contributed by atoms with Gasteiger partial charge in [0.1, 0.15) is 6.20 Å². The summed E-state index contributed by atoms with van der Waals surface area (Å²) in [5.41, 5.74) is 0. The molecule has 0 amide bonds. The molecule has 0 aliphatic carbocycles. The number of nitro groups is 1. The minimum absolute atomic E-state index is 0.0797. The second-order valence-corrected chi connectivity index (χ2v) is 4.67. The van der Waals surface area contributed by atoms with Crippen LogP contribution in [0.25, 0.3) is 0 Å². The third-order valence-corrected chi connectivity index (χ3v) is 3.11. The van der Waals surface area contributed by atoms with Crippen molar-refractivity contribution in [3.8, 4) is 0 Å². The molecule has 0 saturated heterocycles. The lowest BCUT2D eigenvalue weighted by atomic mass is 10.0. The summed E-state index contributed by atoms with van der Waals surface area (Å²) in [6.07, 6.45) is 2.27. The van der Waals surface area contributed by atoms with Crippen molar-refractivity contribution in [1.82, 2.24) is 4.98 Å². The molecule has 0 spiro atoms. The van der Waals surface area contributed by atoms with Gasteiger partial charge in [-0.1, -0.05) is 20.8 Å². The molecule has 6 heteroatoms. The Hall–Kier alpha value is -1.17. The first-order chi connectivity index (χ1) is 7.04. The van der Waals surface area contributed by atoms with Crippen LogP contribution < -0.4 is 5.32 Å². The van der Waals surface area contributed by atoms with Crippen molar-refractivity contribution in [2.75, 3.05) is 5.32 Å². The Labute approximate surface area is 92.7 Å². The average molecular weight is 229 g/mol. The van der Waals surface area contributed by atoms with Crippen LogP contribution in [0.15, 0.2) is 6.20 Å². The zero-order valence-corrected chi connectivity index (χ0v) is 9.87. The van der Waals surface area contributed by atoms with E-state index in [1.54, 1.807) is 0 Å². The van der Waals surface area contributed by atoms with E-state index in [2.05, 4.69) is 31.1 Å². The molecule has 1 heterocycles. The fraction of sp³-hybridized carbons (Fsp3) is 0.667. The van der Waals surface area contributed by atoms with Gasteiger partial charge in [0.15, 0.2) is 5.13 Å². The van der Waals surface area contributed by atoms with Gasteiger partial charge >= 0.3 is 5.00 Å². The van der Waals surface area contributed by atoms with Gasteiger partial charge in [0.2, 0.25) is 0 Å². The SMILES string of the molecule is CCC(Nc1ncc([N+](=O)[O-])s1)C(C)C. The number of nitrogens with one attached hydrogen (secondary N) is 1. The molecule has 0 aromatic carbocycles. The number of rotatable bonds is 5. The Bertz CT molecular complexity index is 338. The maximum atomic E-state index is 10.5. The standard InChI is InChI=1S/C9H15N3O2S/c1-4-7(6(2)3)11-9-10-5-8(15-9)12(13)14/h5-7H,4H2,1-3H3,(H,10,11). The summed E-state index contributed by atoms with van der Waals surface area (Å²) in [5, 5.41) is 14.4.